The standard InChI is InChI=1S/C12H17FN2OS/c1-14-7-8-15-12(16)6-9-17-11-4-2-10(13)3-5-11/h2-5,14H,6-9H2,1H3,(H,15,16). The van der Waals surface area contributed by atoms with E-state index in [1.807, 2.05) is 7.05 Å². The average molecular weight is 256 g/mol. The summed E-state index contributed by atoms with van der Waals surface area (Å²) in [5.41, 5.74) is 0. The molecular formula is C12H17FN2OS. The van der Waals surface area contributed by atoms with E-state index in [2.05, 4.69) is 10.6 Å². The fraction of sp³-hybridized carbons (Fsp3) is 0.417. The van der Waals surface area contributed by atoms with Crippen molar-refractivity contribution in [2.45, 2.75) is 11.3 Å². The molecule has 1 rings (SSSR count). The lowest BCUT2D eigenvalue weighted by molar-refractivity contribution is -0.120. The maximum absolute atomic E-state index is 12.6. The Balaban J connectivity index is 2.14. The van der Waals surface area contributed by atoms with E-state index in [-0.39, 0.29) is 11.7 Å². The molecule has 0 aliphatic rings. The number of carbonyl (C=O) groups is 1. The van der Waals surface area contributed by atoms with Gasteiger partial charge >= 0.3 is 0 Å². The molecule has 3 nitrogen and oxygen atoms in total. The molecule has 0 radical (unpaired) electrons. The molecule has 17 heavy (non-hydrogen) atoms. The van der Waals surface area contributed by atoms with Gasteiger partial charge in [0.15, 0.2) is 0 Å². The fourth-order valence-electron chi connectivity index (χ4n) is 1.21. The number of rotatable bonds is 7. The second-order valence-electron chi connectivity index (χ2n) is 3.51. The zero-order chi connectivity index (χ0) is 12.5. The first-order chi connectivity index (χ1) is 8.22. The fourth-order valence-corrected chi connectivity index (χ4v) is 2.06. The summed E-state index contributed by atoms with van der Waals surface area (Å²) >= 11 is 1.55. The molecule has 0 bridgehead atoms. The van der Waals surface area contributed by atoms with E-state index in [1.54, 1.807) is 23.9 Å². The summed E-state index contributed by atoms with van der Waals surface area (Å²) in [5.74, 6) is 0.519. The largest absolute Gasteiger partial charge is 0.355 e. The topological polar surface area (TPSA) is 41.1 Å². The second kappa shape index (κ2) is 8.08. The van der Waals surface area contributed by atoms with Crippen molar-refractivity contribution in [2.24, 2.45) is 0 Å². The monoisotopic (exact) mass is 256 g/mol. The number of thioether (sulfide) groups is 1. The summed E-state index contributed by atoms with van der Waals surface area (Å²) in [5, 5.41) is 5.76. The van der Waals surface area contributed by atoms with Crippen LogP contribution in [0.5, 0.6) is 0 Å². The van der Waals surface area contributed by atoms with E-state index in [0.717, 1.165) is 11.4 Å². The molecular weight excluding hydrogens is 239 g/mol. The van der Waals surface area contributed by atoms with Crippen LogP contribution in [0.15, 0.2) is 29.2 Å². The first-order valence-corrected chi connectivity index (χ1v) is 6.50. The van der Waals surface area contributed by atoms with Crippen molar-refractivity contribution >= 4 is 17.7 Å². The Labute approximate surface area is 105 Å². The quantitative estimate of drug-likeness (QED) is 0.575. The van der Waals surface area contributed by atoms with E-state index >= 15 is 0 Å². The molecule has 1 aromatic rings. The smallest absolute Gasteiger partial charge is 0.220 e. The van der Waals surface area contributed by atoms with Gasteiger partial charge in [-0.3, -0.25) is 4.79 Å². The molecule has 0 unspecified atom stereocenters. The Morgan fingerprint density at radius 1 is 1.29 bits per heavy atom. The highest BCUT2D eigenvalue weighted by molar-refractivity contribution is 7.99. The number of carbonyl (C=O) groups excluding carboxylic acids is 1. The average Bonchev–Trinajstić information content (AvgIpc) is 2.32. The van der Waals surface area contributed by atoms with Crippen molar-refractivity contribution in [3.8, 4) is 0 Å². The van der Waals surface area contributed by atoms with Crippen LogP contribution < -0.4 is 10.6 Å². The summed E-state index contributed by atoms with van der Waals surface area (Å²) in [7, 11) is 1.84. The van der Waals surface area contributed by atoms with Crippen LogP contribution in [0.25, 0.3) is 0 Å². The normalized spacial score (nSPS) is 10.2. The summed E-state index contributed by atoms with van der Waals surface area (Å²) < 4.78 is 12.6. The number of hydrogen-bond donors (Lipinski definition) is 2. The lowest BCUT2D eigenvalue weighted by Gasteiger charge is -2.04. The molecule has 1 amide bonds. The van der Waals surface area contributed by atoms with Crippen molar-refractivity contribution in [2.75, 3.05) is 25.9 Å². The summed E-state index contributed by atoms with van der Waals surface area (Å²) in [6.07, 6.45) is 0.478. The molecule has 1 aromatic carbocycles. The Bertz CT molecular complexity index is 343. The number of benzene rings is 1. The van der Waals surface area contributed by atoms with Crippen LogP contribution in [0.3, 0.4) is 0 Å². The van der Waals surface area contributed by atoms with Crippen LogP contribution in [0, 0.1) is 5.82 Å². The van der Waals surface area contributed by atoms with Crippen LogP contribution in [-0.4, -0.2) is 31.8 Å². The lowest BCUT2D eigenvalue weighted by Crippen LogP contribution is -2.30. The van der Waals surface area contributed by atoms with Gasteiger partial charge < -0.3 is 10.6 Å². The van der Waals surface area contributed by atoms with Crippen molar-refractivity contribution in [1.29, 1.82) is 0 Å². The van der Waals surface area contributed by atoms with E-state index in [4.69, 9.17) is 0 Å². The minimum absolute atomic E-state index is 0.0508. The minimum atomic E-state index is -0.237. The van der Waals surface area contributed by atoms with Gasteiger partial charge in [-0.1, -0.05) is 0 Å². The SMILES string of the molecule is CNCCNC(=O)CCSc1ccc(F)cc1. The van der Waals surface area contributed by atoms with Gasteiger partial charge in [-0.05, 0) is 31.3 Å². The van der Waals surface area contributed by atoms with Gasteiger partial charge in [-0.15, -0.1) is 11.8 Å². The van der Waals surface area contributed by atoms with Gasteiger partial charge in [-0.2, -0.15) is 0 Å². The van der Waals surface area contributed by atoms with Gasteiger partial charge in [0.1, 0.15) is 5.82 Å². The first-order valence-electron chi connectivity index (χ1n) is 5.52. The Kier molecular flexibility index (Phi) is 6.65. The van der Waals surface area contributed by atoms with Gasteiger partial charge in [0.05, 0.1) is 0 Å². The number of halogens is 1. The number of amides is 1. The van der Waals surface area contributed by atoms with Gasteiger partial charge in [-0.25, -0.2) is 4.39 Å². The van der Waals surface area contributed by atoms with Crippen molar-refractivity contribution in [1.82, 2.24) is 10.6 Å². The maximum Gasteiger partial charge on any atom is 0.220 e. The number of hydrogen-bond acceptors (Lipinski definition) is 3. The second-order valence-corrected chi connectivity index (χ2v) is 4.67. The van der Waals surface area contributed by atoms with Gasteiger partial charge in [0.25, 0.3) is 0 Å². The highest BCUT2D eigenvalue weighted by Crippen LogP contribution is 2.18. The van der Waals surface area contributed by atoms with Crippen LogP contribution in [0.4, 0.5) is 4.39 Å². The molecule has 94 valence electrons. The van der Waals surface area contributed by atoms with Crippen LogP contribution in [-0.2, 0) is 4.79 Å². The van der Waals surface area contributed by atoms with Crippen molar-refractivity contribution in [3.05, 3.63) is 30.1 Å². The number of likely N-dealkylation sites (N-methyl/N-ethyl adjacent to an activating group) is 1. The van der Waals surface area contributed by atoms with E-state index in [9.17, 15) is 9.18 Å². The summed E-state index contributed by atoms with van der Waals surface area (Å²) in [4.78, 5) is 12.3. The molecule has 0 aliphatic carbocycles. The Hall–Kier alpha value is -1.07. The van der Waals surface area contributed by atoms with Crippen LogP contribution >= 0.6 is 11.8 Å². The molecule has 0 atom stereocenters. The van der Waals surface area contributed by atoms with Crippen molar-refractivity contribution in [3.63, 3.8) is 0 Å². The molecule has 0 heterocycles. The molecule has 0 aliphatic heterocycles. The van der Waals surface area contributed by atoms with Crippen LogP contribution in [0.2, 0.25) is 0 Å². The van der Waals surface area contributed by atoms with E-state index in [1.165, 1.54) is 12.1 Å². The minimum Gasteiger partial charge on any atom is -0.355 e. The predicted molar refractivity (Wildman–Crippen MR) is 68.7 cm³/mol. The highest BCUT2D eigenvalue weighted by Gasteiger charge is 2.01. The van der Waals surface area contributed by atoms with E-state index < -0.39 is 0 Å². The molecule has 0 saturated carbocycles. The molecule has 5 heteroatoms. The third-order valence-electron chi connectivity index (χ3n) is 2.11. The zero-order valence-corrected chi connectivity index (χ0v) is 10.6. The predicted octanol–water partition coefficient (Wildman–Crippen LogP) is 1.64. The molecule has 0 fully saturated rings. The summed E-state index contributed by atoms with van der Waals surface area (Å²) in [6.45, 7) is 1.42. The first kappa shape index (κ1) is 14.0. The highest BCUT2D eigenvalue weighted by atomic mass is 32.2. The molecule has 0 spiro atoms. The van der Waals surface area contributed by atoms with Crippen molar-refractivity contribution < 1.29 is 9.18 Å². The van der Waals surface area contributed by atoms with E-state index in [0.29, 0.717) is 18.7 Å². The zero-order valence-electron chi connectivity index (χ0n) is 9.83. The van der Waals surface area contributed by atoms with Gasteiger partial charge in [0.2, 0.25) is 5.91 Å². The Morgan fingerprint density at radius 2 is 2.00 bits per heavy atom. The molecule has 2 N–H and O–H groups in total. The third kappa shape index (κ3) is 6.28. The lowest BCUT2D eigenvalue weighted by atomic mass is 10.4. The third-order valence-corrected chi connectivity index (χ3v) is 3.12. The molecule has 0 aromatic heterocycles. The van der Waals surface area contributed by atoms with Gasteiger partial charge in [0, 0.05) is 30.2 Å². The Morgan fingerprint density at radius 3 is 2.65 bits per heavy atom. The summed E-state index contributed by atoms with van der Waals surface area (Å²) in [6, 6.07) is 6.29. The maximum atomic E-state index is 12.6. The van der Waals surface area contributed by atoms with Crippen LogP contribution in [0.1, 0.15) is 6.42 Å². The molecule has 0 saturated heterocycles. The number of nitrogens with one attached hydrogen (secondary N) is 2.